The minimum Gasteiger partial charge on any atom is -0.466 e. The molecule has 0 N–H and O–H groups in total. The van der Waals surface area contributed by atoms with Crippen molar-refractivity contribution in [2.75, 3.05) is 25.1 Å². The van der Waals surface area contributed by atoms with Gasteiger partial charge in [0, 0.05) is 24.8 Å². The van der Waals surface area contributed by atoms with Crippen LogP contribution in [-0.2, 0) is 22.4 Å². The van der Waals surface area contributed by atoms with Crippen LogP contribution in [0.4, 0.5) is 5.69 Å². The molecule has 0 unspecified atom stereocenters. The molecular weight excluding hydrogens is 396 g/mol. The summed E-state index contributed by atoms with van der Waals surface area (Å²) in [6.07, 6.45) is 2.23. The Labute approximate surface area is 172 Å². The Hall–Kier alpha value is -2.31. The molecule has 146 valence electrons. The Morgan fingerprint density at radius 3 is 2.96 bits per heavy atom. The van der Waals surface area contributed by atoms with Crippen molar-refractivity contribution in [2.45, 2.75) is 26.2 Å². The molecule has 0 bridgehead atoms. The number of rotatable bonds is 5. The van der Waals surface area contributed by atoms with Gasteiger partial charge in [-0.3, -0.25) is 4.79 Å². The van der Waals surface area contributed by atoms with E-state index >= 15 is 0 Å². The lowest BCUT2D eigenvalue weighted by Crippen LogP contribution is -2.24. The molecule has 1 aliphatic rings. The van der Waals surface area contributed by atoms with Crippen LogP contribution in [0.1, 0.15) is 24.6 Å². The van der Waals surface area contributed by atoms with E-state index in [1.807, 2.05) is 18.2 Å². The van der Waals surface area contributed by atoms with Crippen LogP contribution >= 0.6 is 22.9 Å². The number of ether oxygens (including phenoxy) is 1. The fourth-order valence-corrected chi connectivity index (χ4v) is 4.54. The number of hydrogen-bond acceptors (Lipinski definition) is 6. The van der Waals surface area contributed by atoms with Gasteiger partial charge in [0.15, 0.2) is 5.76 Å². The quantitative estimate of drug-likeness (QED) is 0.534. The number of halogens is 1. The Kier molecular flexibility index (Phi) is 5.42. The molecule has 0 aliphatic carbocycles. The third kappa shape index (κ3) is 3.80. The first-order valence-corrected chi connectivity index (χ1v) is 10.5. The zero-order valence-corrected chi connectivity index (χ0v) is 17.4. The van der Waals surface area contributed by atoms with Crippen LogP contribution in [-0.4, -0.2) is 31.2 Å². The lowest BCUT2D eigenvalue weighted by molar-refractivity contribution is -0.142. The first-order valence-electron chi connectivity index (χ1n) is 9.30. The largest absolute Gasteiger partial charge is 0.466 e. The lowest BCUT2D eigenvalue weighted by Gasteiger charge is -2.27. The number of esters is 1. The number of carbonyl (C=O) groups is 1. The number of benzene rings is 1. The van der Waals surface area contributed by atoms with Crippen LogP contribution in [0.3, 0.4) is 0 Å². The van der Waals surface area contributed by atoms with E-state index in [2.05, 4.69) is 29.1 Å². The Balaban J connectivity index is 1.73. The van der Waals surface area contributed by atoms with Crippen LogP contribution < -0.4 is 4.90 Å². The average Bonchev–Trinajstić information content (AvgIpc) is 3.28. The second-order valence-corrected chi connectivity index (χ2v) is 8.46. The van der Waals surface area contributed by atoms with Crippen LogP contribution in [0.5, 0.6) is 0 Å². The van der Waals surface area contributed by atoms with Gasteiger partial charge in [0.2, 0.25) is 5.89 Å². The SMILES string of the molecule is CCOC(=O)Cc1nc(-c2ccc3c(c2)CCCN3C)oc1-c1ccc(Cl)s1. The number of nitrogens with zero attached hydrogens (tertiary/aromatic N) is 2. The molecule has 7 heteroatoms. The number of anilines is 1. The molecule has 0 atom stereocenters. The summed E-state index contributed by atoms with van der Waals surface area (Å²) in [7, 11) is 2.11. The zero-order chi connectivity index (χ0) is 19.7. The van der Waals surface area contributed by atoms with E-state index in [1.54, 1.807) is 6.92 Å². The van der Waals surface area contributed by atoms with Crippen molar-refractivity contribution in [1.29, 1.82) is 0 Å². The van der Waals surface area contributed by atoms with Crippen molar-refractivity contribution >= 4 is 34.6 Å². The summed E-state index contributed by atoms with van der Waals surface area (Å²) in [6.45, 7) is 3.19. The van der Waals surface area contributed by atoms with E-state index in [4.69, 9.17) is 20.8 Å². The highest BCUT2D eigenvalue weighted by molar-refractivity contribution is 7.19. The van der Waals surface area contributed by atoms with Crippen LogP contribution in [0.15, 0.2) is 34.7 Å². The number of carbonyl (C=O) groups excluding carboxylic acids is 1. The number of aryl methyl sites for hydroxylation is 1. The maximum atomic E-state index is 12.0. The van der Waals surface area contributed by atoms with Gasteiger partial charge in [0.1, 0.15) is 0 Å². The van der Waals surface area contributed by atoms with Gasteiger partial charge in [0.25, 0.3) is 0 Å². The second kappa shape index (κ2) is 7.97. The third-order valence-corrected chi connectivity index (χ3v) is 6.02. The summed E-state index contributed by atoms with van der Waals surface area (Å²) in [6, 6.07) is 9.96. The predicted molar refractivity (Wildman–Crippen MR) is 112 cm³/mol. The van der Waals surface area contributed by atoms with E-state index in [0.717, 1.165) is 29.8 Å². The molecule has 0 saturated heterocycles. The predicted octanol–water partition coefficient (Wildman–Crippen LogP) is 5.21. The molecule has 0 amide bonds. The van der Waals surface area contributed by atoms with E-state index < -0.39 is 0 Å². The summed E-state index contributed by atoms with van der Waals surface area (Å²) in [4.78, 5) is 19.8. The molecule has 0 fully saturated rings. The number of fused-ring (bicyclic) bond motifs is 1. The van der Waals surface area contributed by atoms with Crippen LogP contribution in [0, 0.1) is 0 Å². The molecule has 5 nitrogen and oxygen atoms in total. The Morgan fingerprint density at radius 1 is 1.36 bits per heavy atom. The molecule has 1 aromatic carbocycles. The fourth-order valence-electron chi connectivity index (χ4n) is 3.49. The number of aromatic nitrogens is 1. The molecule has 3 heterocycles. The van der Waals surface area contributed by atoms with Crippen LogP contribution in [0.25, 0.3) is 22.1 Å². The van der Waals surface area contributed by atoms with Crippen molar-refractivity contribution in [3.63, 3.8) is 0 Å². The van der Waals surface area contributed by atoms with Crippen molar-refractivity contribution in [2.24, 2.45) is 0 Å². The minimum atomic E-state index is -0.321. The summed E-state index contributed by atoms with van der Waals surface area (Å²) in [5.74, 6) is 0.767. The standard InChI is InChI=1S/C21H21ClN2O3S/c1-3-26-19(25)12-15-20(17-8-9-18(22)28-17)27-21(23-15)14-6-7-16-13(11-14)5-4-10-24(16)2/h6-9,11H,3-5,10,12H2,1-2H3. The van der Waals surface area contributed by atoms with Gasteiger partial charge in [0.05, 0.1) is 27.9 Å². The summed E-state index contributed by atoms with van der Waals surface area (Å²) in [5.41, 5.74) is 4.02. The molecule has 3 aromatic rings. The normalized spacial score (nSPS) is 13.5. The highest BCUT2D eigenvalue weighted by Gasteiger charge is 2.22. The maximum absolute atomic E-state index is 12.0. The third-order valence-electron chi connectivity index (χ3n) is 4.79. The van der Waals surface area contributed by atoms with E-state index in [-0.39, 0.29) is 12.4 Å². The average molecular weight is 417 g/mol. The first kappa shape index (κ1) is 19.0. The Morgan fingerprint density at radius 2 is 2.21 bits per heavy atom. The van der Waals surface area contributed by atoms with Crippen molar-refractivity contribution < 1.29 is 13.9 Å². The van der Waals surface area contributed by atoms with Crippen molar-refractivity contribution in [3.05, 3.63) is 45.9 Å². The number of hydrogen-bond donors (Lipinski definition) is 0. The lowest BCUT2D eigenvalue weighted by atomic mass is 9.99. The molecular formula is C21H21ClN2O3S. The van der Waals surface area contributed by atoms with Gasteiger partial charge in [-0.15, -0.1) is 11.3 Å². The van der Waals surface area contributed by atoms with Gasteiger partial charge in [-0.25, -0.2) is 4.98 Å². The molecule has 4 rings (SSSR count). The highest BCUT2D eigenvalue weighted by atomic mass is 35.5. The van der Waals surface area contributed by atoms with Gasteiger partial charge in [-0.2, -0.15) is 0 Å². The van der Waals surface area contributed by atoms with Crippen molar-refractivity contribution in [1.82, 2.24) is 4.98 Å². The molecule has 1 aliphatic heterocycles. The molecule has 0 saturated carbocycles. The minimum absolute atomic E-state index is 0.0653. The molecule has 0 radical (unpaired) electrons. The maximum Gasteiger partial charge on any atom is 0.312 e. The van der Waals surface area contributed by atoms with E-state index in [1.165, 1.54) is 22.6 Å². The van der Waals surface area contributed by atoms with Gasteiger partial charge in [-0.05, 0) is 55.7 Å². The number of thiophene rings is 1. The highest BCUT2D eigenvalue weighted by Crippen LogP contribution is 2.37. The van der Waals surface area contributed by atoms with Gasteiger partial charge >= 0.3 is 5.97 Å². The Bertz CT molecular complexity index is 1010. The summed E-state index contributed by atoms with van der Waals surface area (Å²) >= 11 is 7.50. The molecule has 0 spiro atoms. The van der Waals surface area contributed by atoms with Gasteiger partial charge < -0.3 is 14.1 Å². The first-order chi connectivity index (χ1) is 13.5. The smallest absolute Gasteiger partial charge is 0.312 e. The van der Waals surface area contributed by atoms with Crippen LogP contribution in [0.2, 0.25) is 4.34 Å². The van der Waals surface area contributed by atoms with E-state index in [0.29, 0.717) is 28.3 Å². The summed E-state index contributed by atoms with van der Waals surface area (Å²) in [5, 5.41) is 0. The fraction of sp³-hybridized carbons (Fsp3) is 0.333. The topological polar surface area (TPSA) is 55.6 Å². The molecule has 28 heavy (non-hydrogen) atoms. The monoisotopic (exact) mass is 416 g/mol. The van der Waals surface area contributed by atoms with E-state index in [9.17, 15) is 4.79 Å². The molecule has 2 aromatic heterocycles. The zero-order valence-electron chi connectivity index (χ0n) is 15.8. The van der Waals surface area contributed by atoms with Crippen molar-refractivity contribution in [3.8, 4) is 22.1 Å². The summed E-state index contributed by atoms with van der Waals surface area (Å²) < 4.78 is 11.9. The van der Waals surface area contributed by atoms with Gasteiger partial charge in [-0.1, -0.05) is 11.6 Å². The second-order valence-electron chi connectivity index (χ2n) is 6.75. The number of oxazole rings is 1.